The van der Waals surface area contributed by atoms with E-state index in [0.717, 1.165) is 28.2 Å². The van der Waals surface area contributed by atoms with Crippen LogP contribution in [0.5, 0.6) is 0 Å². The molecule has 0 saturated carbocycles. The number of nitrogens with one attached hydrogen (secondary N) is 1. The maximum atomic E-state index is 12.2. The Morgan fingerprint density at radius 2 is 1.75 bits per heavy atom. The van der Waals surface area contributed by atoms with Gasteiger partial charge in [0.15, 0.2) is 5.65 Å². The van der Waals surface area contributed by atoms with Crippen molar-refractivity contribution in [2.75, 3.05) is 12.3 Å². The fourth-order valence-corrected chi connectivity index (χ4v) is 3.66. The lowest BCUT2D eigenvalue weighted by molar-refractivity contribution is -0.118. The molecule has 0 bridgehead atoms. The normalized spacial score (nSPS) is 10.9. The average Bonchev–Trinajstić information content (AvgIpc) is 3.18. The van der Waals surface area contributed by atoms with Gasteiger partial charge >= 0.3 is 0 Å². The van der Waals surface area contributed by atoms with Gasteiger partial charge in [-0.15, -0.1) is 0 Å². The van der Waals surface area contributed by atoms with Gasteiger partial charge in [-0.05, 0) is 24.1 Å². The van der Waals surface area contributed by atoms with E-state index in [4.69, 9.17) is 0 Å². The summed E-state index contributed by atoms with van der Waals surface area (Å²) in [6.07, 6.45) is 4.08. The van der Waals surface area contributed by atoms with Crippen LogP contribution >= 0.6 is 11.8 Å². The Hall–Kier alpha value is -3.19. The molecule has 0 aliphatic heterocycles. The van der Waals surface area contributed by atoms with Crippen LogP contribution in [0.1, 0.15) is 5.56 Å². The summed E-state index contributed by atoms with van der Waals surface area (Å²) >= 11 is 1.40. The van der Waals surface area contributed by atoms with Gasteiger partial charge in [0, 0.05) is 6.54 Å². The van der Waals surface area contributed by atoms with Crippen LogP contribution in [0.15, 0.2) is 78.2 Å². The van der Waals surface area contributed by atoms with E-state index in [1.807, 2.05) is 48.5 Å². The maximum absolute atomic E-state index is 12.2. The number of aromatic nitrogens is 4. The van der Waals surface area contributed by atoms with Gasteiger partial charge in [-0.2, -0.15) is 5.10 Å². The van der Waals surface area contributed by atoms with Gasteiger partial charge in [-0.25, -0.2) is 14.6 Å². The van der Waals surface area contributed by atoms with Crippen molar-refractivity contribution in [3.8, 4) is 5.69 Å². The molecule has 4 aromatic rings. The van der Waals surface area contributed by atoms with Crippen LogP contribution in [-0.2, 0) is 11.2 Å². The molecule has 1 N–H and O–H groups in total. The summed E-state index contributed by atoms with van der Waals surface area (Å²) in [5.74, 6) is 0.292. The Balaban J connectivity index is 1.38. The second-order valence-corrected chi connectivity index (χ2v) is 7.15. The van der Waals surface area contributed by atoms with Crippen LogP contribution in [0.2, 0.25) is 0 Å². The van der Waals surface area contributed by atoms with E-state index in [-0.39, 0.29) is 5.91 Å². The summed E-state index contributed by atoms with van der Waals surface area (Å²) in [6, 6.07) is 19.9. The van der Waals surface area contributed by atoms with Crippen LogP contribution in [-0.4, -0.2) is 38.0 Å². The summed E-state index contributed by atoms with van der Waals surface area (Å²) in [6.45, 7) is 0.620. The number of amides is 1. The molecule has 2 aromatic heterocycles. The monoisotopic (exact) mass is 389 g/mol. The Morgan fingerprint density at radius 1 is 1.00 bits per heavy atom. The molecule has 0 radical (unpaired) electrons. The van der Waals surface area contributed by atoms with E-state index in [9.17, 15) is 4.79 Å². The zero-order chi connectivity index (χ0) is 19.2. The van der Waals surface area contributed by atoms with Crippen LogP contribution in [0.25, 0.3) is 16.7 Å². The molecule has 0 fully saturated rings. The van der Waals surface area contributed by atoms with E-state index in [0.29, 0.717) is 12.3 Å². The maximum Gasteiger partial charge on any atom is 0.230 e. The highest BCUT2D eigenvalue weighted by molar-refractivity contribution is 8.00. The number of nitrogens with zero attached hydrogens (tertiary/aromatic N) is 4. The first kappa shape index (κ1) is 18.2. The van der Waals surface area contributed by atoms with Crippen molar-refractivity contribution >= 4 is 28.7 Å². The number of thioether (sulfide) groups is 1. The molecule has 2 heterocycles. The molecule has 1 amide bonds. The average molecular weight is 389 g/mol. The smallest absolute Gasteiger partial charge is 0.230 e. The lowest BCUT2D eigenvalue weighted by Gasteiger charge is -2.06. The quantitative estimate of drug-likeness (QED) is 0.388. The number of fused-ring (bicyclic) bond motifs is 1. The van der Waals surface area contributed by atoms with Crippen LogP contribution in [0.3, 0.4) is 0 Å². The number of para-hydroxylation sites is 1. The molecule has 0 spiro atoms. The van der Waals surface area contributed by atoms with Gasteiger partial charge in [0.2, 0.25) is 5.91 Å². The molecule has 4 rings (SSSR count). The predicted octanol–water partition coefficient (Wildman–Crippen LogP) is 3.27. The molecule has 0 unspecified atom stereocenters. The van der Waals surface area contributed by atoms with E-state index >= 15 is 0 Å². The van der Waals surface area contributed by atoms with Gasteiger partial charge < -0.3 is 5.32 Å². The minimum Gasteiger partial charge on any atom is -0.355 e. The first-order chi connectivity index (χ1) is 13.8. The minimum absolute atomic E-state index is 0.0110. The zero-order valence-electron chi connectivity index (χ0n) is 15.2. The molecule has 2 aromatic carbocycles. The predicted molar refractivity (Wildman–Crippen MR) is 111 cm³/mol. The Morgan fingerprint density at radius 3 is 2.54 bits per heavy atom. The molecule has 0 aliphatic rings. The van der Waals surface area contributed by atoms with E-state index in [1.165, 1.54) is 23.7 Å². The van der Waals surface area contributed by atoms with Crippen LogP contribution in [0, 0.1) is 0 Å². The lowest BCUT2D eigenvalue weighted by atomic mass is 10.1. The Kier molecular flexibility index (Phi) is 5.63. The zero-order valence-corrected chi connectivity index (χ0v) is 16.0. The molecule has 6 nitrogen and oxygen atoms in total. The Labute approximate surface area is 167 Å². The number of hydrogen-bond donors (Lipinski definition) is 1. The summed E-state index contributed by atoms with van der Waals surface area (Å²) in [5, 5.41) is 8.99. The molecule has 0 aliphatic carbocycles. The number of hydrogen-bond acceptors (Lipinski definition) is 5. The number of rotatable bonds is 7. The fraction of sp³-hybridized carbons (Fsp3) is 0.143. The van der Waals surface area contributed by atoms with Crippen molar-refractivity contribution in [2.24, 2.45) is 0 Å². The number of carbonyl (C=O) groups is 1. The van der Waals surface area contributed by atoms with Crippen LogP contribution in [0.4, 0.5) is 0 Å². The first-order valence-electron chi connectivity index (χ1n) is 8.99. The van der Waals surface area contributed by atoms with Crippen molar-refractivity contribution in [3.63, 3.8) is 0 Å². The van der Waals surface area contributed by atoms with Gasteiger partial charge in [0.1, 0.15) is 11.4 Å². The van der Waals surface area contributed by atoms with E-state index < -0.39 is 0 Å². The van der Waals surface area contributed by atoms with Crippen molar-refractivity contribution < 1.29 is 4.79 Å². The highest BCUT2D eigenvalue weighted by Crippen LogP contribution is 2.25. The minimum atomic E-state index is -0.0110. The molecule has 0 saturated heterocycles. The highest BCUT2D eigenvalue weighted by atomic mass is 32.2. The first-order valence-corrected chi connectivity index (χ1v) is 9.97. The molecule has 140 valence electrons. The SMILES string of the molecule is O=C(CSc1ncnc2c1cnn2-c1ccccc1)NCCc1ccccc1. The molecule has 7 heteroatoms. The van der Waals surface area contributed by atoms with E-state index in [2.05, 4.69) is 32.5 Å². The van der Waals surface area contributed by atoms with Gasteiger partial charge in [-0.3, -0.25) is 4.79 Å². The standard InChI is InChI=1S/C21H19N5OS/c27-19(22-12-11-16-7-3-1-4-8-16)14-28-21-18-13-25-26(20(18)23-15-24-21)17-9-5-2-6-10-17/h1-10,13,15H,11-12,14H2,(H,22,27). The number of benzene rings is 2. The third kappa shape index (κ3) is 4.20. The topological polar surface area (TPSA) is 72.7 Å². The van der Waals surface area contributed by atoms with Crippen LogP contribution < -0.4 is 5.32 Å². The fourth-order valence-electron chi connectivity index (χ4n) is 2.87. The molecular formula is C21H19N5OS. The summed E-state index contributed by atoms with van der Waals surface area (Å²) in [5.41, 5.74) is 2.88. The lowest BCUT2D eigenvalue weighted by Crippen LogP contribution is -2.27. The third-order valence-electron chi connectivity index (χ3n) is 4.25. The Bertz CT molecular complexity index is 1070. The van der Waals surface area contributed by atoms with Gasteiger partial charge in [-0.1, -0.05) is 60.3 Å². The van der Waals surface area contributed by atoms with Crippen molar-refractivity contribution in [3.05, 3.63) is 78.8 Å². The summed E-state index contributed by atoms with van der Waals surface area (Å²) < 4.78 is 1.78. The van der Waals surface area contributed by atoms with Gasteiger partial charge in [0.05, 0.1) is 23.0 Å². The molecule has 28 heavy (non-hydrogen) atoms. The number of carbonyl (C=O) groups excluding carboxylic acids is 1. The van der Waals surface area contributed by atoms with Crippen molar-refractivity contribution in [2.45, 2.75) is 11.4 Å². The summed E-state index contributed by atoms with van der Waals surface area (Å²) in [7, 11) is 0. The molecule has 0 atom stereocenters. The highest BCUT2D eigenvalue weighted by Gasteiger charge is 2.12. The van der Waals surface area contributed by atoms with E-state index in [1.54, 1.807) is 10.9 Å². The van der Waals surface area contributed by atoms with Crippen molar-refractivity contribution in [1.29, 1.82) is 0 Å². The third-order valence-corrected chi connectivity index (χ3v) is 5.25. The second-order valence-electron chi connectivity index (χ2n) is 6.18. The molecular weight excluding hydrogens is 370 g/mol. The van der Waals surface area contributed by atoms with Crippen molar-refractivity contribution in [1.82, 2.24) is 25.1 Å². The second kappa shape index (κ2) is 8.67. The van der Waals surface area contributed by atoms with Gasteiger partial charge in [0.25, 0.3) is 0 Å². The largest absolute Gasteiger partial charge is 0.355 e. The summed E-state index contributed by atoms with van der Waals surface area (Å²) in [4.78, 5) is 20.9.